The van der Waals surface area contributed by atoms with Gasteiger partial charge in [-0.2, -0.15) is 0 Å². The molecule has 17 heavy (non-hydrogen) atoms. The Morgan fingerprint density at radius 2 is 2.12 bits per heavy atom. The van der Waals surface area contributed by atoms with E-state index in [9.17, 15) is 9.90 Å². The van der Waals surface area contributed by atoms with Crippen LogP contribution in [0.2, 0.25) is 0 Å². The average Bonchev–Trinajstić information content (AvgIpc) is 2.78. The Morgan fingerprint density at radius 1 is 1.41 bits per heavy atom. The van der Waals surface area contributed by atoms with Crippen LogP contribution in [-0.2, 0) is 11.2 Å². The van der Waals surface area contributed by atoms with E-state index in [2.05, 4.69) is 20.8 Å². The summed E-state index contributed by atoms with van der Waals surface area (Å²) >= 11 is 3.41. The molecule has 1 heterocycles. The van der Waals surface area contributed by atoms with Gasteiger partial charge in [0, 0.05) is 4.47 Å². The summed E-state index contributed by atoms with van der Waals surface area (Å²) in [7, 11) is 0. The molecule has 1 N–H and O–H groups in total. The van der Waals surface area contributed by atoms with E-state index in [4.69, 9.17) is 0 Å². The van der Waals surface area contributed by atoms with Gasteiger partial charge in [0.25, 0.3) is 0 Å². The maximum atomic E-state index is 11.3. The highest BCUT2D eigenvalue weighted by molar-refractivity contribution is 9.10. The third-order valence-corrected chi connectivity index (χ3v) is 3.68. The van der Waals surface area contributed by atoms with Crippen molar-refractivity contribution in [2.24, 2.45) is 0 Å². The van der Waals surface area contributed by atoms with Crippen molar-refractivity contribution in [2.45, 2.75) is 25.3 Å². The van der Waals surface area contributed by atoms with Crippen LogP contribution >= 0.6 is 15.9 Å². The normalized spacial score (nSPS) is 18.2. The standard InChI is InChI=1S/C13H16BrNO2/c14-11-5-3-4-10(8-11)9-12(13(16)17)15-6-1-2-7-15/h3-5,8,12H,1-2,6-7,9H2,(H,16,17). The third kappa shape index (κ3) is 3.30. The van der Waals surface area contributed by atoms with Crippen molar-refractivity contribution in [3.63, 3.8) is 0 Å². The number of carboxylic acid groups (broad SMARTS) is 1. The number of aliphatic carboxylic acids is 1. The van der Waals surface area contributed by atoms with Crippen LogP contribution in [0.3, 0.4) is 0 Å². The van der Waals surface area contributed by atoms with E-state index in [1.54, 1.807) is 0 Å². The number of carbonyl (C=O) groups is 1. The van der Waals surface area contributed by atoms with Gasteiger partial charge in [-0.1, -0.05) is 28.1 Å². The first-order valence-corrected chi connectivity index (χ1v) is 6.67. The lowest BCUT2D eigenvalue weighted by Crippen LogP contribution is -2.40. The SMILES string of the molecule is O=C(O)C(Cc1cccc(Br)c1)N1CCCC1. The fourth-order valence-corrected chi connectivity index (χ4v) is 2.76. The maximum Gasteiger partial charge on any atom is 0.321 e. The van der Waals surface area contributed by atoms with Crippen molar-refractivity contribution >= 4 is 21.9 Å². The van der Waals surface area contributed by atoms with Crippen LogP contribution in [0.15, 0.2) is 28.7 Å². The molecule has 0 bridgehead atoms. The highest BCUT2D eigenvalue weighted by Gasteiger charge is 2.27. The van der Waals surface area contributed by atoms with Crippen molar-refractivity contribution in [1.82, 2.24) is 4.90 Å². The number of carboxylic acids is 1. The van der Waals surface area contributed by atoms with Gasteiger partial charge in [-0.15, -0.1) is 0 Å². The Balaban J connectivity index is 2.09. The fourth-order valence-electron chi connectivity index (χ4n) is 2.31. The molecule has 1 atom stereocenters. The second-order valence-electron chi connectivity index (χ2n) is 4.43. The van der Waals surface area contributed by atoms with Gasteiger partial charge in [-0.25, -0.2) is 0 Å². The molecule has 1 aliphatic heterocycles. The maximum absolute atomic E-state index is 11.3. The highest BCUT2D eigenvalue weighted by atomic mass is 79.9. The molecule has 1 saturated heterocycles. The largest absolute Gasteiger partial charge is 0.480 e. The molecule has 0 aromatic heterocycles. The molecular formula is C13H16BrNO2. The topological polar surface area (TPSA) is 40.5 Å². The predicted octanol–water partition coefficient (Wildman–Crippen LogP) is 2.54. The van der Waals surface area contributed by atoms with Crippen LogP contribution in [0.25, 0.3) is 0 Å². The van der Waals surface area contributed by atoms with E-state index in [0.29, 0.717) is 6.42 Å². The second kappa shape index (κ2) is 5.65. The van der Waals surface area contributed by atoms with Crippen LogP contribution in [-0.4, -0.2) is 35.1 Å². The second-order valence-corrected chi connectivity index (χ2v) is 5.35. The van der Waals surface area contributed by atoms with Gasteiger partial charge in [-0.3, -0.25) is 9.69 Å². The summed E-state index contributed by atoms with van der Waals surface area (Å²) in [5, 5.41) is 9.31. The number of rotatable bonds is 4. The predicted molar refractivity (Wildman–Crippen MR) is 70.1 cm³/mol. The molecule has 1 unspecified atom stereocenters. The zero-order chi connectivity index (χ0) is 12.3. The summed E-state index contributed by atoms with van der Waals surface area (Å²) in [4.78, 5) is 13.4. The number of halogens is 1. The Labute approximate surface area is 110 Å². The first-order valence-electron chi connectivity index (χ1n) is 5.88. The summed E-state index contributed by atoms with van der Waals surface area (Å²) in [5.74, 6) is -0.716. The van der Waals surface area contributed by atoms with Gasteiger partial charge in [0.15, 0.2) is 0 Å². The van der Waals surface area contributed by atoms with Crippen molar-refractivity contribution in [2.75, 3.05) is 13.1 Å². The lowest BCUT2D eigenvalue weighted by molar-refractivity contribution is -0.142. The van der Waals surface area contributed by atoms with Crippen molar-refractivity contribution in [3.05, 3.63) is 34.3 Å². The Hall–Kier alpha value is -0.870. The number of benzene rings is 1. The lowest BCUT2D eigenvalue weighted by atomic mass is 10.1. The van der Waals surface area contributed by atoms with Crippen LogP contribution in [0.5, 0.6) is 0 Å². The Bertz CT molecular complexity index is 402. The Kier molecular flexibility index (Phi) is 4.18. The molecule has 0 spiro atoms. The molecule has 0 aliphatic carbocycles. The molecular weight excluding hydrogens is 282 g/mol. The molecule has 92 valence electrons. The summed E-state index contributed by atoms with van der Waals surface area (Å²) in [5.41, 5.74) is 1.07. The van der Waals surface area contributed by atoms with Crippen LogP contribution < -0.4 is 0 Å². The van der Waals surface area contributed by atoms with E-state index in [1.165, 1.54) is 0 Å². The minimum atomic E-state index is -0.716. The van der Waals surface area contributed by atoms with Crippen LogP contribution in [0.1, 0.15) is 18.4 Å². The van der Waals surface area contributed by atoms with E-state index in [0.717, 1.165) is 36.0 Å². The molecule has 2 rings (SSSR count). The smallest absolute Gasteiger partial charge is 0.321 e. The molecule has 3 nitrogen and oxygen atoms in total. The summed E-state index contributed by atoms with van der Waals surface area (Å²) < 4.78 is 1.00. The zero-order valence-electron chi connectivity index (χ0n) is 9.60. The van der Waals surface area contributed by atoms with Crippen molar-refractivity contribution in [3.8, 4) is 0 Å². The molecule has 1 aromatic carbocycles. The average molecular weight is 298 g/mol. The lowest BCUT2D eigenvalue weighted by Gasteiger charge is -2.23. The monoisotopic (exact) mass is 297 g/mol. The summed E-state index contributed by atoms with van der Waals surface area (Å²) in [6.45, 7) is 1.82. The Morgan fingerprint density at radius 3 is 2.71 bits per heavy atom. The number of likely N-dealkylation sites (tertiary alicyclic amines) is 1. The van der Waals surface area contributed by atoms with E-state index in [-0.39, 0.29) is 6.04 Å². The van der Waals surface area contributed by atoms with E-state index >= 15 is 0 Å². The quantitative estimate of drug-likeness (QED) is 0.928. The van der Waals surface area contributed by atoms with Crippen molar-refractivity contribution in [1.29, 1.82) is 0 Å². The number of hydrogen-bond acceptors (Lipinski definition) is 2. The summed E-state index contributed by atoms with van der Waals surface area (Å²) in [6.07, 6.45) is 2.80. The van der Waals surface area contributed by atoms with Crippen LogP contribution in [0, 0.1) is 0 Å². The van der Waals surface area contributed by atoms with Crippen LogP contribution in [0.4, 0.5) is 0 Å². The first-order chi connectivity index (χ1) is 8.16. The number of hydrogen-bond donors (Lipinski definition) is 1. The molecule has 0 radical (unpaired) electrons. The van der Waals surface area contributed by atoms with Gasteiger partial charge in [0.2, 0.25) is 0 Å². The van der Waals surface area contributed by atoms with Gasteiger partial charge < -0.3 is 5.11 Å². The number of nitrogens with zero attached hydrogens (tertiary/aromatic N) is 1. The zero-order valence-corrected chi connectivity index (χ0v) is 11.2. The minimum absolute atomic E-state index is 0.383. The van der Waals surface area contributed by atoms with Gasteiger partial charge in [-0.05, 0) is 50.0 Å². The molecule has 1 aliphatic rings. The van der Waals surface area contributed by atoms with E-state index in [1.807, 2.05) is 24.3 Å². The summed E-state index contributed by atoms with van der Waals surface area (Å²) in [6, 6.07) is 7.49. The third-order valence-electron chi connectivity index (χ3n) is 3.18. The van der Waals surface area contributed by atoms with Gasteiger partial charge >= 0.3 is 5.97 Å². The molecule has 1 fully saturated rings. The highest BCUT2D eigenvalue weighted by Crippen LogP contribution is 2.18. The molecule has 1 aromatic rings. The minimum Gasteiger partial charge on any atom is -0.480 e. The fraction of sp³-hybridized carbons (Fsp3) is 0.462. The first kappa shape index (κ1) is 12.6. The molecule has 0 saturated carbocycles. The van der Waals surface area contributed by atoms with E-state index < -0.39 is 5.97 Å². The van der Waals surface area contributed by atoms with Gasteiger partial charge in [0.1, 0.15) is 6.04 Å². The van der Waals surface area contributed by atoms with Crippen molar-refractivity contribution < 1.29 is 9.90 Å². The molecule has 0 amide bonds. The van der Waals surface area contributed by atoms with Gasteiger partial charge in [0.05, 0.1) is 0 Å². The molecule has 4 heteroatoms.